The molecule has 3 heteroatoms. The fraction of sp³-hybridized carbons (Fsp3) is 0. The van der Waals surface area contributed by atoms with Crippen LogP contribution in [0.25, 0.3) is 11.1 Å². The summed E-state index contributed by atoms with van der Waals surface area (Å²) in [6.45, 7) is 0. The minimum absolute atomic E-state index is 0.322. The van der Waals surface area contributed by atoms with E-state index in [1.54, 1.807) is 30.3 Å². The van der Waals surface area contributed by atoms with E-state index in [1.807, 2.05) is 24.3 Å². The second-order valence-electron chi connectivity index (χ2n) is 3.64. The van der Waals surface area contributed by atoms with E-state index in [1.165, 1.54) is 0 Å². The van der Waals surface area contributed by atoms with Gasteiger partial charge >= 0.3 is 0 Å². The Balaban J connectivity index is 2.64. The molecule has 0 bridgehead atoms. The molecule has 82 valence electrons. The molecule has 3 nitrogen and oxygen atoms in total. The highest BCUT2D eigenvalue weighted by molar-refractivity contribution is 5.72. The van der Waals surface area contributed by atoms with Gasteiger partial charge in [0.1, 0.15) is 12.1 Å². The van der Waals surface area contributed by atoms with Gasteiger partial charge in [-0.2, -0.15) is 15.8 Å². The van der Waals surface area contributed by atoms with Gasteiger partial charge in [0.25, 0.3) is 0 Å². The molecule has 0 saturated heterocycles. The van der Waals surface area contributed by atoms with Crippen molar-refractivity contribution in [2.75, 3.05) is 0 Å². The minimum atomic E-state index is 0.322. The lowest BCUT2D eigenvalue weighted by Crippen LogP contribution is -1.88. The van der Waals surface area contributed by atoms with Crippen molar-refractivity contribution in [3.63, 3.8) is 0 Å². The maximum Gasteiger partial charge on any atom is 0.101 e. The van der Waals surface area contributed by atoms with Gasteiger partial charge in [0.2, 0.25) is 0 Å². The summed E-state index contributed by atoms with van der Waals surface area (Å²) in [4.78, 5) is 0. The highest BCUT2D eigenvalue weighted by atomic mass is 14.3. The van der Waals surface area contributed by atoms with Crippen LogP contribution in [0, 0.1) is 34.0 Å². The first-order valence-electron chi connectivity index (χ1n) is 5.24. The highest BCUT2D eigenvalue weighted by Crippen LogP contribution is 2.25. The van der Waals surface area contributed by atoms with Crippen LogP contribution < -0.4 is 0 Å². The summed E-state index contributed by atoms with van der Waals surface area (Å²) in [6, 6.07) is 18.2. The van der Waals surface area contributed by atoms with Crippen molar-refractivity contribution < 1.29 is 0 Å². The second-order valence-corrected chi connectivity index (χ2v) is 3.64. The van der Waals surface area contributed by atoms with Crippen molar-refractivity contribution in [2.24, 2.45) is 0 Å². The Morgan fingerprint density at radius 2 is 1.33 bits per heavy atom. The first-order chi connectivity index (χ1) is 8.80. The lowest BCUT2D eigenvalue weighted by Gasteiger charge is -2.05. The molecule has 2 aromatic rings. The van der Waals surface area contributed by atoms with Gasteiger partial charge in [-0.25, -0.2) is 0 Å². The molecule has 0 radical (unpaired) electrons. The summed E-state index contributed by atoms with van der Waals surface area (Å²) in [6.07, 6.45) is 0. The maximum absolute atomic E-state index is 9.04. The molecule has 0 N–H and O–H groups in total. The van der Waals surface area contributed by atoms with Gasteiger partial charge in [-0.05, 0) is 29.3 Å². The van der Waals surface area contributed by atoms with Crippen LogP contribution in [0.3, 0.4) is 0 Å². The van der Waals surface area contributed by atoms with E-state index < -0.39 is 0 Å². The Morgan fingerprint density at radius 1 is 0.667 bits per heavy atom. The third-order valence-electron chi connectivity index (χ3n) is 2.62. The molecule has 0 atom stereocenters. The molecular weight excluding hydrogens is 222 g/mol. The molecule has 0 amide bonds. The molecule has 0 aromatic heterocycles. The van der Waals surface area contributed by atoms with Gasteiger partial charge in [0.05, 0.1) is 22.8 Å². The van der Waals surface area contributed by atoms with E-state index in [-0.39, 0.29) is 0 Å². The first-order valence-corrected chi connectivity index (χ1v) is 5.24. The number of nitrogens with zero attached hydrogens (tertiary/aromatic N) is 3. The summed E-state index contributed by atoms with van der Waals surface area (Å²) >= 11 is 0. The molecule has 0 aliphatic rings. The molecule has 2 aromatic carbocycles. The van der Waals surface area contributed by atoms with E-state index in [0.717, 1.165) is 11.1 Å². The molecule has 0 spiro atoms. The maximum atomic E-state index is 9.04. The second kappa shape index (κ2) is 4.83. The van der Waals surface area contributed by atoms with Crippen LogP contribution in [-0.4, -0.2) is 0 Å². The summed E-state index contributed by atoms with van der Waals surface area (Å²) in [5.41, 5.74) is 2.74. The van der Waals surface area contributed by atoms with Gasteiger partial charge in [-0.3, -0.25) is 0 Å². The van der Waals surface area contributed by atoms with E-state index in [9.17, 15) is 0 Å². The SMILES string of the molecule is N#Cc1ccc(-c2ccccc2C#N)cc1C#N. The number of benzene rings is 2. The average Bonchev–Trinajstić information content (AvgIpc) is 2.46. The Bertz CT molecular complexity index is 725. The van der Waals surface area contributed by atoms with Crippen molar-refractivity contribution >= 4 is 0 Å². The van der Waals surface area contributed by atoms with Crippen LogP contribution in [-0.2, 0) is 0 Å². The Kier molecular flexibility index (Phi) is 3.06. The zero-order chi connectivity index (χ0) is 13.0. The number of hydrogen-bond acceptors (Lipinski definition) is 3. The summed E-state index contributed by atoms with van der Waals surface area (Å²) in [5.74, 6) is 0. The molecule has 0 fully saturated rings. The third kappa shape index (κ3) is 1.92. The van der Waals surface area contributed by atoms with Crippen molar-refractivity contribution in [2.45, 2.75) is 0 Å². The van der Waals surface area contributed by atoms with Crippen molar-refractivity contribution in [3.8, 4) is 29.3 Å². The zero-order valence-corrected chi connectivity index (χ0v) is 9.38. The summed E-state index contributed by atoms with van der Waals surface area (Å²) in [7, 11) is 0. The largest absolute Gasteiger partial charge is 0.192 e. The lowest BCUT2D eigenvalue weighted by atomic mass is 9.97. The van der Waals surface area contributed by atoms with Crippen LogP contribution in [0.15, 0.2) is 42.5 Å². The summed E-state index contributed by atoms with van der Waals surface area (Å²) in [5, 5.41) is 26.9. The van der Waals surface area contributed by atoms with Crippen LogP contribution >= 0.6 is 0 Å². The van der Waals surface area contributed by atoms with Crippen LogP contribution in [0.1, 0.15) is 16.7 Å². The first kappa shape index (κ1) is 11.4. The Hall–Kier alpha value is -3.09. The number of rotatable bonds is 1. The van der Waals surface area contributed by atoms with Gasteiger partial charge in [0.15, 0.2) is 0 Å². The standard InChI is InChI=1S/C15H7N3/c16-8-12-6-5-11(7-14(12)10-18)15-4-2-1-3-13(15)9-17/h1-7H. The molecule has 0 aliphatic heterocycles. The van der Waals surface area contributed by atoms with Gasteiger partial charge in [0, 0.05) is 0 Å². The predicted molar refractivity (Wildman–Crippen MR) is 66.0 cm³/mol. The zero-order valence-electron chi connectivity index (χ0n) is 9.38. The van der Waals surface area contributed by atoms with Crippen LogP contribution in [0.4, 0.5) is 0 Å². The van der Waals surface area contributed by atoms with Gasteiger partial charge in [-0.1, -0.05) is 24.3 Å². The fourth-order valence-electron chi connectivity index (χ4n) is 1.73. The van der Waals surface area contributed by atoms with E-state index >= 15 is 0 Å². The van der Waals surface area contributed by atoms with Crippen molar-refractivity contribution in [3.05, 3.63) is 59.2 Å². The van der Waals surface area contributed by atoms with Gasteiger partial charge in [-0.15, -0.1) is 0 Å². The molecule has 0 saturated carbocycles. The monoisotopic (exact) mass is 229 g/mol. The minimum Gasteiger partial charge on any atom is -0.192 e. The Labute approximate surface area is 105 Å². The molecule has 0 unspecified atom stereocenters. The number of hydrogen-bond donors (Lipinski definition) is 0. The van der Waals surface area contributed by atoms with Crippen LogP contribution in [0.2, 0.25) is 0 Å². The number of nitriles is 3. The van der Waals surface area contributed by atoms with Crippen molar-refractivity contribution in [1.82, 2.24) is 0 Å². The summed E-state index contributed by atoms with van der Waals surface area (Å²) < 4.78 is 0. The van der Waals surface area contributed by atoms with E-state index in [0.29, 0.717) is 16.7 Å². The molecular formula is C15H7N3. The molecule has 18 heavy (non-hydrogen) atoms. The third-order valence-corrected chi connectivity index (χ3v) is 2.62. The molecule has 0 aliphatic carbocycles. The smallest absolute Gasteiger partial charge is 0.101 e. The van der Waals surface area contributed by atoms with Crippen molar-refractivity contribution in [1.29, 1.82) is 15.8 Å². The lowest BCUT2D eigenvalue weighted by molar-refractivity contribution is 1.42. The van der Waals surface area contributed by atoms with Gasteiger partial charge < -0.3 is 0 Å². The topological polar surface area (TPSA) is 71.4 Å². The normalized spacial score (nSPS) is 8.94. The van der Waals surface area contributed by atoms with Crippen LogP contribution in [0.5, 0.6) is 0 Å². The fourth-order valence-corrected chi connectivity index (χ4v) is 1.73. The highest BCUT2D eigenvalue weighted by Gasteiger charge is 2.07. The van der Waals surface area contributed by atoms with E-state index in [4.69, 9.17) is 15.8 Å². The molecule has 0 heterocycles. The average molecular weight is 229 g/mol. The predicted octanol–water partition coefficient (Wildman–Crippen LogP) is 2.97. The Morgan fingerprint density at radius 3 is 2.00 bits per heavy atom. The van der Waals surface area contributed by atoms with E-state index in [2.05, 4.69) is 6.07 Å². The molecule has 2 rings (SSSR count). The quantitative estimate of drug-likeness (QED) is 0.754.